The van der Waals surface area contributed by atoms with Gasteiger partial charge in [0.1, 0.15) is 5.82 Å². The summed E-state index contributed by atoms with van der Waals surface area (Å²) in [5, 5.41) is 5.81. The molecule has 5 rings (SSSR count). The summed E-state index contributed by atoms with van der Waals surface area (Å²) < 4.78 is 12.9. The quantitative estimate of drug-likeness (QED) is 0.807. The maximum atomic E-state index is 12.9. The average Bonchev–Trinajstić information content (AvgIpc) is 2.57. The van der Waals surface area contributed by atoms with Gasteiger partial charge in [-0.2, -0.15) is 0 Å². The van der Waals surface area contributed by atoms with Gasteiger partial charge in [-0.3, -0.25) is 9.59 Å². The molecule has 2 N–H and O–H groups in total. The van der Waals surface area contributed by atoms with E-state index in [2.05, 4.69) is 10.6 Å². The predicted molar refractivity (Wildman–Crippen MR) is 92.3 cm³/mol. The second-order valence-electron chi connectivity index (χ2n) is 8.22. The first-order chi connectivity index (χ1) is 12.0. The zero-order valence-electron chi connectivity index (χ0n) is 14.4. The van der Waals surface area contributed by atoms with Crippen molar-refractivity contribution in [2.45, 2.75) is 38.5 Å². The Labute approximate surface area is 147 Å². The van der Waals surface area contributed by atoms with Crippen LogP contribution < -0.4 is 10.6 Å². The van der Waals surface area contributed by atoms with Crippen molar-refractivity contribution in [3.05, 3.63) is 35.6 Å². The molecule has 5 heteroatoms. The van der Waals surface area contributed by atoms with Gasteiger partial charge in [-0.25, -0.2) is 4.39 Å². The van der Waals surface area contributed by atoms with Crippen LogP contribution in [0.25, 0.3) is 0 Å². The Balaban J connectivity index is 1.25. The Kier molecular flexibility index (Phi) is 4.26. The normalized spacial score (nSPS) is 32.4. The second kappa shape index (κ2) is 6.43. The minimum atomic E-state index is -0.362. The molecule has 0 atom stereocenters. The van der Waals surface area contributed by atoms with Crippen LogP contribution >= 0.6 is 0 Å². The topological polar surface area (TPSA) is 58.2 Å². The van der Waals surface area contributed by atoms with Crippen LogP contribution in [-0.2, 0) is 4.79 Å². The molecule has 0 radical (unpaired) electrons. The molecular weight excluding hydrogens is 319 g/mol. The van der Waals surface area contributed by atoms with Crippen LogP contribution in [0.15, 0.2) is 24.3 Å². The van der Waals surface area contributed by atoms with Crippen LogP contribution in [0.3, 0.4) is 0 Å². The highest BCUT2D eigenvalue weighted by Crippen LogP contribution is 2.60. The van der Waals surface area contributed by atoms with E-state index in [4.69, 9.17) is 0 Å². The summed E-state index contributed by atoms with van der Waals surface area (Å²) in [6.45, 7) is 0.821. The molecule has 0 unspecified atom stereocenters. The molecule has 4 aliphatic rings. The molecule has 0 aromatic heterocycles. The van der Waals surface area contributed by atoms with Crippen molar-refractivity contribution in [3.8, 4) is 0 Å². The first-order valence-electron chi connectivity index (χ1n) is 9.36. The van der Waals surface area contributed by atoms with E-state index in [9.17, 15) is 14.0 Å². The van der Waals surface area contributed by atoms with Gasteiger partial charge in [-0.1, -0.05) is 0 Å². The summed E-state index contributed by atoms with van der Waals surface area (Å²) in [6, 6.07) is 5.45. The highest BCUT2D eigenvalue weighted by atomic mass is 19.1. The number of hydrogen-bond acceptors (Lipinski definition) is 2. The number of benzene rings is 1. The van der Waals surface area contributed by atoms with E-state index >= 15 is 0 Å². The number of hydrogen-bond donors (Lipinski definition) is 2. The summed E-state index contributed by atoms with van der Waals surface area (Å²) in [7, 11) is 0. The van der Waals surface area contributed by atoms with E-state index in [0.717, 1.165) is 37.0 Å². The SMILES string of the molecule is O=C(NCCNC(=O)C12CC3CC(CC(C3)C1)C2)c1ccc(F)cc1. The Hall–Kier alpha value is -1.91. The van der Waals surface area contributed by atoms with Crippen molar-refractivity contribution in [3.63, 3.8) is 0 Å². The Morgan fingerprint density at radius 2 is 1.44 bits per heavy atom. The molecule has 4 nitrogen and oxygen atoms in total. The van der Waals surface area contributed by atoms with Gasteiger partial charge in [-0.15, -0.1) is 0 Å². The number of amides is 2. The van der Waals surface area contributed by atoms with Crippen LogP contribution in [0.2, 0.25) is 0 Å². The maximum Gasteiger partial charge on any atom is 0.251 e. The van der Waals surface area contributed by atoms with Gasteiger partial charge in [0.05, 0.1) is 0 Å². The Bertz CT molecular complexity index is 635. The van der Waals surface area contributed by atoms with E-state index in [-0.39, 0.29) is 23.0 Å². The minimum Gasteiger partial charge on any atom is -0.354 e. The van der Waals surface area contributed by atoms with Crippen molar-refractivity contribution in [1.82, 2.24) is 10.6 Å². The highest BCUT2D eigenvalue weighted by Gasteiger charge is 2.54. The molecule has 4 saturated carbocycles. The molecule has 0 heterocycles. The van der Waals surface area contributed by atoms with Gasteiger partial charge in [0.15, 0.2) is 0 Å². The third-order valence-electron chi connectivity index (χ3n) is 6.32. The third kappa shape index (κ3) is 3.29. The number of carbonyl (C=O) groups excluding carboxylic acids is 2. The van der Waals surface area contributed by atoms with E-state index in [1.54, 1.807) is 0 Å². The molecule has 4 bridgehead atoms. The van der Waals surface area contributed by atoms with E-state index in [0.29, 0.717) is 18.7 Å². The van der Waals surface area contributed by atoms with Crippen molar-refractivity contribution in [2.24, 2.45) is 23.2 Å². The summed E-state index contributed by atoms with van der Waals surface area (Å²) in [5.41, 5.74) is 0.282. The lowest BCUT2D eigenvalue weighted by Gasteiger charge is -2.55. The standard InChI is InChI=1S/C20H25FN2O2/c21-17-3-1-16(2-4-17)18(24)22-5-6-23-19(25)20-10-13-7-14(11-20)9-15(8-13)12-20/h1-4,13-15H,5-12H2,(H,22,24)(H,23,25). The van der Waals surface area contributed by atoms with Crippen molar-refractivity contribution in [1.29, 1.82) is 0 Å². The summed E-state index contributed by atoms with van der Waals surface area (Å²) >= 11 is 0. The summed E-state index contributed by atoms with van der Waals surface area (Å²) in [6.07, 6.45) is 7.10. The zero-order chi connectivity index (χ0) is 17.4. The number of nitrogens with one attached hydrogen (secondary N) is 2. The number of carbonyl (C=O) groups is 2. The van der Waals surface area contributed by atoms with Crippen molar-refractivity contribution < 1.29 is 14.0 Å². The van der Waals surface area contributed by atoms with Gasteiger partial charge in [0.25, 0.3) is 5.91 Å². The monoisotopic (exact) mass is 344 g/mol. The lowest BCUT2D eigenvalue weighted by molar-refractivity contribution is -0.146. The molecule has 0 aliphatic heterocycles. The fourth-order valence-corrected chi connectivity index (χ4v) is 5.63. The van der Waals surface area contributed by atoms with Crippen LogP contribution in [-0.4, -0.2) is 24.9 Å². The number of halogens is 1. The fraction of sp³-hybridized carbons (Fsp3) is 0.600. The summed E-state index contributed by atoms with van der Waals surface area (Å²) in [5.74, 6) is 1.81. The molecule has 134 valence electrons. The van der Waals surface area contributed by atoms with Crippen LogP contribution in [0.1, 0.15) is 48.9 Å². The van der Waals surface area contributed by atoms with Crippen molar-refractivity contribution >= 4 is 11.8 Å². The van der Waals surface area contributed by atoms with Gasteiger partial charge in [0.2, 0.25) is 5.91 Å². The average molecular weight is 344 g/mol. The Morgan fingerprint density at radius 1 is 0.920 bits per heavy atom. The first-order valence-corrected chi connectivity index (χ1v) is 9.36. The van der Waals surface area contributed by atoms with Gasteiger partial charge in [-0.05, 0) is 80.5 Å². The second-order valence-corrected chi connectivity index (χ2v) is 8.22. The molecule has 0 spiro atoms. The van der Waals surface area contributed by atoms with Crippen LogP contribution in [0, 0.1) is 29.0 Å². The summed E-state index contributed by atoms with van der Waals surface area (Å²) in [4.78, 5) is 24.8. The molecule has 4 aliphatic carbocycles. The number of rotatable bonds is 5. The van der Waals surface area contributed by atoms with Gasteiger partial charge >= 0.3 is 0 Å². The zero-order valence-corrected chi connectivity index (χ0v) is 14.4. The van der Waals surface area contributed by atoms with E-state index < -0.39 is 0 Å². The van der Waals surface area contributed by atoms with Crippen LogP contribution in [0.5, 0.6) is 0 Å². The maximum absolute atomic E-state index is 12.9. The Morgan fingerprint density at radius 3 is 2.00 bits per heavy atom. The fourth-order valence-electron chi connectivity index (χ4n) is 5.63. The molecule has 2 amide bonds. The van der Waals surface area contributed by atoms with Gasteiger partial charge in [0, 0.05) is 24.1 Å². The smallest absolute Gasteiger partial charge is 0.251 e. The highest BCUT2D eigenvalue weighted by molar-refractivity contribution is 5.94. The predicted octanol–water partition coefficient (Wildman–Crippen LogP) is 2.89. The van der Waals surface area contributed by atoms with Crippen LogP contribution in [0.4, 0.5) is 4.39 Å². The van der Waals surface area contributed by atoms with E-state index in [1.165, 1.54) is 43.5 Å². The first kappa shape index (κ1) is 16.6. The third-order valence-corrected chi connectivity index (χ3v) is 6.32. The van der Waals surface area contributed by atoms with E-state index in [1.807, 2.05) is 0 Å². The van der Waals surface area contributed by atoms with Crippen molar-refractivity contribution in [2.75, 3.05) is 13.1 Å². The lowest BCUT2D eigenvalue weighted by atomic mass is 9.49. The molecular formula is C20H25FN2O2. The molecule has 25 heavy (non-hydrogen) atoms. The molecule has 1 aromatic rings. The lowest BCUT2D eigenvalue weighted by Crippen LogP contribution is -2.54. The molecule has 0 saturated heterocycles. The minimum absolute atomic E-state index is 0.143. The van der Waals surface area contributed by atoms with Gasteiger partial charge < -0.3 is 10.6 Å². The molecule has 4 fully saturated rings. The largest absolute Gasteiger partial charge is 0.354 e. The molecule has 1 aromatic carbocycles.